The van der Waals surface area contributed by atoms with Gasteiger partial charge in [-0.05, 0) is 54.8 Å². The lowest BCUT2D eigenvalue weighted by Crippen LogP contribution is -2.23. The topological polar surface area (TPSA) is 66.4 Å². The minimum absolute atomic E-state index is 0.0679. The number of alkyl halides is 3. The molecule has 4 nitrogen and oxygen atoms in total. The summed E-state index contributed by atoms with van der Waals surface area (Å²) in [5.74, 6) is -1.56. The Morgan fingerprint density at radius 1 is 1.08 bits per heavy atom. The molecule has 1 amide bonds. The molecule has 0 aliphatic heterocycles. The van der Waals surface area contributed by atoms with Crippen LogP contribution in [-0.2, 0) is 12.7 Å². The van der Waals surface area contributed by atoms with Gasteiger partial charge in [0.25, 0.3) is 5.91 Å². The largest absolute Gasteiger partial charge is 0.478 e. The molecule has 0 saturated heterocycles. The zero-order valence-electron chi connectivity index (χ0n) is 13.6. The quantitative estimate of drug-likeness (QED) is 0.876. The van der Waals surface area contributed by atoms with Crippen LogP contribution in [0.5, 0.6) is 0 Å². The fraction of sp³-hybridized carbons (Fsp3) is 0.222. The molecular formula is C18H16F3NO3. The predicted molar refractivity (Wildman–Crippen MR) is 85.5 cm³/mol. The van der Waals surface area contributed by atoms with E-state index in [1.807, 2.05) is 0 Å². The Labute approximate surface area is 142 Å². The van der Waals surface area contributed by atoms with Crippen molar-refractivity contribution in [2.75, 3.05) is 0 Å². The number of rotatable bonds is 4. The summed E-state index contributed by atoms with van der Waals surface area (Å²) >= 11 is 0. The van der Waals surface area contributed by atoms with Gasteiger partial charge in [0.1, 0.15) is 0 Å². The first-order valence-corrected chi connectivity index (χ1v) is 7.38. The number of hydrogen-bond acceptors (Lipinski definition) is 2. The van der Waals surface area contributed by atoms with Crippen LogP contribution in [0.15, 0.2) is 36.4 Å². The molecule has 0 unspecified atom stereocenters. The minimum Gasteiger partial charge on any atom is -0.478 e. The minimum atomic E-state index is -4.44. The van der Waals surface area contributed by atoms with Crippen molar-refractivity contribution >= 4 is 11.9 Å². The number of carboxylic acids is 1. The molecule has 25 heavy (non-hydrogen) atoms. The molecule has 2 rings (SSSR count). The van der Waals surface area contributed by atoms with E-state index in [9.17, 15) is 22.8 Å². The second-order valence-electron chi connectivity index (χ2n) is 5.67. The maximum Gasteiger partial charge on any atom is 0.416 e. The Hall–Kier alpha value is -2.83. The number of carbonyl (C=O) groups excluding carboxylic acids is 1. The molecule has 0 radical (unpaired) electrons. The van der Waals surface area contributed by atoms with E-state index in [1.165, 1.54) is 24.3 Å². The van der Waals surface area contributed by atoms with Crippen molar-refractivity contribution in [2.24, 2.45) is 0 Å². The number of hydrogen-bond donors (Lipinski definition) is 2. The fourth-order valence-electron chi connectivity index (χ4n) is 2.57. The molecule has 132 valence electrons. The summed E-state index contributed by atoms with van der Waals surface area (Å²) < 4.78 is 38.1. The SMILES string of the molecule is Cc1cc(C(=O)NCc2cccc(C(F)(F)F)c2)cc(C)c1C(=O)O. The van der Waals surface area contributed by atoms with Crippen LogP contribution in [0.2, 0.25) is 0 Å². The highest BCUT2D eigenvalue weighted by Gasteiger charge is 2.30. The molecule has 2 aromatic rings. The third-order valence-electron chi connectivity index (χ3n) is 3.72. The molecule has 0 heterocycles. The van der Waals surface area contributed by atoms with E-state index in [2.05, 4.69) is 5.32 Å². The predicted octanol–water partition coefficient (Wildman–Crippen LogP) is 3.95. The molecule has 0 aliphatic rings. The van der Waals surface area contributed by atoms with Gasteiger partial charge < -0.3 is 10.4 Å². The highest BCUT2D eigenvalue weighted by molar-refractivity contribution is 5.97. The normalized spacial score (nSPS) is 11.2. The van der Waals surface area contributed by atoms with Gasteiger partial charge in [-0.2, -0.15) is 13.2 Å². The molecule has 0 bridgehead atoms. The first kappa shape index (κ1) is 18.5. The summed E-state index contributed by atoms with van der Waals surface area (Å²) in [7, 11) is 0. The molecule has 2 N–H and O–H groups in total. The van der Waals surface area contributed by atoms with E-state index in [4.69, 9.17) is 5.11 Å². The van der Waals surface area contributed by atoms with Crippen LogP contribution >= 0.6 is 0 Å². The maximum absolute atomic E-state index is 12.7. The van der Waals surface area contributed by atoms with Crippen molar-refractivity contribution in [3.8, 4) is 0 Å². The maximum atomic E-state index is 12.7. The summed E-state index contributed by atoms with van der Waals surface area (Å²) in [6.45, 7) is 3.10. The van der Waals surface area contributed by atoms with Gasteiger partial charge in [0, 0.05) is 12.1 Å². The van der Waals surface area contributed by atoms with Crippen molar-refractivity contribution in [1.82, 2.24) is 5.32 Å². The number of aryl methyl sites for hydroxylation is 2. The van der Waals surface area contributed by atoms with Gasteiger partial charge in [-0.3, -0.25) is 4.79 Å². The van der Waals surface area contributed by atoms with Crippen LogP contribution in [0.4, 0.5) is 13.2 Å². The van der Waals surface area contributed by atoms with Crippen molar-refractivity contribution < 1.29 is 27.9 Å². The zero-order valence-corrected chi connectivity index (χ0v) is 13.6. The number of carboxylic acid groups (broad SMARTS) is 1. The first-order valence-electron chi connectivity index (χ1n) is 7.38. The summed E-state index contributed by atoms with van der Waals surface area (Å²) in [5.41, 5.74) is 0.811. The summed E-state index contributed by atoms with van der Waals surface area (Å²) in [5, 5.41) is 11.7. The Morgan fingerprint density at radius 2 is 1.68 bits per heavy atom. The van der Waals surface area contributed by atoms with Crippen molar-refractivity contribution in [3.63, 3.8) is 0 Å². The average Bonchev–Trinajstić information content (AvgIpc) is 2.51. The van der Waals surface area contributed by atoms with Gasteiger partial charge in [-0.15, -0.1) is 0 Å². The Bertz CT molecular complexity index is 806. The van der Waals surface area contributed by atoms with E-state index in [-0.39, 0.29) is 17.7 Å². The molecule has 2 aromatic carbocycles. The lowest BCUT2D eigenvalue weighted by molar-refractivity contribution is -0.137. The van der Waals surface area contributed by atoms with Gasteiger partial charge >= 0.3 is 12.1 Å². The molecule has 0 fully saturated rings. The number of benzene rings is 2. The standard InChI is InChI=1S/C18H16F3NO3/c1-10-6-13(7-11(2)15(10)17(24)25)16(23)22-9-12-4-3-5-14(8-12)18(19,20)21/h3-8H,9H2,1-2H3,(H,22,23)(H,24,25). The van der Waals surface area contributed by atoms with Gasteiger partial charge in [0.15, 0.2) is 0 Å². The summed E-state index contributed by atoms with van der Waals surface area (Å²) in [6, 6.07) is 7.59. The zero-order chi connectivity index (χ0) is 18.8. The van der Waals surface area contributed by atoms with E-state index in [0.717, 1.165) is 12.1 Å². The number of carbonyl (C=O) groups is 2. The first-order chi connectivity index (χ1) is 11.6. The second-order valence-corrected chi connectivity index (χ2v) is 5.67. The van der Waals surface area contributed by atoms with Crippen molar-refractivity contribution in [2.45, 2.75) is 26.6 Å². The summed E-state index contributed by atoms with van der Waals surface area (Å²) in [4.78, 5) is 23.4. The molecule has 0 atom stereocenters. The monoisotopic (exact) mass is 351 g/mol. The van der Waals surface area contributed by atoms with Crippen molar-refractivity contribution in [3.05, 3.63) is 69.8 Å². The van der Waals surface area contributed by atoms with Gasteiger partial charge in [-0.1, -0.05) is 12.1 Å². The highest BCUT2D eigenvalue weighted by Crippen LogP contribution is 2.29. The van der Waals surface area contributed by atoms with Crippen LogP contribution in [0.3, 0.4) is 0 Å². The smallest absolute Gasteiger partial charge is 0.416 e. The number of halogens is 3. The number of aromatic carboxylic acids is 1. The molecule has 0 aliphatic carbocycles. The highest BCUT2D eigenvalue weighted by atomic mass is 19.4. The molecule has 7 heteroatoms. The van der Waals surface area contributed by atoms with Crippen LogP contribution in [0.1, 0.15) is 43.0 Å². The average molecular weight is 351 g/mol. The van der Waals surface area contributed by atoms with Gasteiger partial charge in [-0.25, -0.2) is 4.79 Å². The number of amides is 1. The lowest BCUT2D eigenvalue weighted by Gasteiger charge is -2.11. The lowest BCUT2D eigenvalue weighted by atomic mass is 9.99. The molecule has 0 spiro atoms. The molecule has 0 saturated carbocycles. The Morgan fingerprint density at radius 3 is 2.20 bits per heavy atom. The van der Waals surface area contributed by atoms with E-state index >= 15 is 0 Å². The van der Waals surface area contributed by atoms with Crippen LogP contribution in [0.25, 0.3) is 0 Å². The van der Waals surface area contributed by atoms with E-state index < -0.39 is 23.6 Å². The Kier molecular flexibility index (Phi) is 5.15. The second kappa shape index (κ2) is 6.96. The van der Waals surface area contributed by atoms with Crippen LogP contribution in [-0.4, -0.2) is 17.0 Å². The summed E-state index contributed by atoms with van der Waals surface area (Å²) in [6.07, 6.45) is -4.44. The Balaban J connectivity index is 2.15. The van der Waals surface area contributed by atoms with Gasteiger partial charge in [0.2, 0.25) is 0 Å². The van der Waals surface area contributed by atoms with E-state index in [0.29, 0.717) is 16.7 Å². The molecule has 0 aromatic heterocycles. The third kappa shape index (κ3) is 4.37. The third-order valence-corrected chi connectivity index (χ3v) is 3.72. The van der Waals surface area contributed by atoms with Crippen LogP contribution in [0, 0.1) is 13.8 Å². The van der Waals surface area contributed by atoms with Crippen molar-refractivity contribution in [1.29, 1.82) is 0 Å². The van der Waals surface area contributed by atoms with E-state index in [1.54, 1.807) is 13.8 Å². The van der Waals surface area contributed by atoms with Gasteiger partial charge in [0.05, 0.1) is 11.1 Å². The molecular weight excluding hydrogens is 335 g/mol. The fourth-order valence-corrected chi connectivity index (χ4v) is 2.57. The van der Waals surface area contributed by atoms with Crippen LogP contribution < -0.4 is 5.32 Å². The number of nitrogens with one attached hydrogen (secondary N) is 1.